The van der Waals surface area contributed by atoms with Crippen molar-refractivity contribution in [1.29, 1.82) is 0 Å². The lowest BCUT2D eigenvalue weighted by molar-refractivity contribution is -0.141. The van der Waals surface area contributed by atoms with E-state index in [1.54, 1.807) is 35.2 Å². The van der Waals surface area contributed by atoms with Gasteiger partial charge in [0.25, 0.3) is 0 Å². The van der Waals surface area contributed by atoms with Crippen molar-refractivity contribution >= 4 is 39.1 Å². The Morgan fingerprint density at radius 3 is 2.26 bits per heavy atom. The third-order valence-corrected chi connectivity index (χ3v) is 8.38. The zero-order valence-electron chi connectivity index (χ0n) is 24.7. The highest BCUT2D eigenvalue weighted by Crippen LogP contribution is 2.35. The van der Waals surface area contributed by atoms with Gasteiger partial charge in [0.05, 0.1) is 11.9 Å². The summed E-state index contributed by atoms with van der Waals surface area (Å²) in [7, 11) is -3.66. The van der Waals surface area contributed by atoms with Gasteiger partial charge in [0.15, 0.2) is 11.5 Å². The van der Waals surface area contributed by atoms with Gasteiger partial charge in [0.2, 0.25) is 21.8 Å². The highest BCUT2D eigenvalue weighted by Gasteiger charge is 2.31. The molecule has 0 fully saturated rings. The van der Waals surface area contributed by atoms with E-state index in [1.807, 2.05) is 56.3 Å². The Balaban J connectivity index is 1.57. The number of rotatable bonds is 13. The zero-order valence-corrected chi connectivity index (χ0v) is 26.2. The first-order valence-electron chi connectivity index (χ1n) is 14.3. The molecule has 1 N–H and O–H groups in total. The summed E-state index contributed by atoms with van der Waals surface area (Å²) in [4.78, 5) is 29.0. The quantitative estimate of drug-likeness (QED) is 0.291. The van der Waals surface area contributed by atoms with Gasteiger partial charge in [-0.25, -0.2) is 8.42 Å². The van der Waals surface area contributed by atoms with E-state index in [2.05, 4.69) is 5.32 Å². The molecule has 2 amide bonds. The van der Waals surface area contributed by atoms with Crippen LogP contribution < -0.4 is 19.1 Å². The molecule has 43 heavy (non-hydrogen) atoms. The number of ether oxygens (including phenoxy) is 2. The topological polar surface area (TPSA) is 105 Å². The third kappa shape index (κ3) is 9.11. The van der Waals surface area contributed by atoms with Crippen LogP contribution in [0.5, 0.6) is 11.5 Å². The number of fused-ring (bicyclic) bond motifs is 1. The third-order valence-electron chi connectivity index (χ3n) is 6.93. The van der Waals surface area contributed by atoms with Crippen molar-refractivity contribution in [3.63, 3.8) is 0 Å². The number of carbonyl (C=O) groups is 2. The van der Waals surface area contributed by atoms with Gasteiger partial charge in [-0.2, -0.15) is 0 Å². The summed E-state index contributed by atoms with van der Waals surface area (Å²) in [5.41, 5.74) is 2.17. The molecule has 1 atom stereocenters. The van der Waals surface area contributed by atoms with E-state index in [9.17, 15) is 18.0 Å². The molecule has 4 rings (SSSR count). The van der Waals surface area contributed by atoms with E-state index in [0.29, 0.717) is 41.8 Å². The van der Waals surface area contributed by atoms with Crippen molar-refractivity contribution in [1.82, 2.24) is 10.2 Å². The lowest BCUT2D eigenvalue weighted by Gasteiger charge is -2.32. The van der Waals surface area contributed by atoms with E-state index in [0.717, 1.165) is 17.4 Å². The summed E-state index contributed by atoms with van der Waals surface area (Å²) in [6.07, 6.45) is 1.72. The Morgan fingerprint density at radius 2 is 1.60 bits per heavy atom. The van der Waals surface area contributed by atoms with Gasteiger partial charge in [-0.05, 0) is 55.7 Å². The van der Waals surface area contributed by atoms with E-state index in [1.165, 1.54) is 4.31 Å². The number of halogens is 1. The van der Waals surface area contributed by atoms with Crippen LogP contribution in [0.4, 0.5) is 5.69 Å². The van der Waals surface area contributed by atoms with E-state index < -0.39 is 16.1 Å². The molecule has 1 aliphatic rings. The fourth-order valence-corrected chi connectivity index (χ4v) is 6.00. The van der Waals surface area contributed by atoms with Crippen molar-refractivity contribution in [2.45, 2.75) is 51.7 Å². The van der Waals surface area contributed by atoms with Crippen LogP contribution in [-0.4, -0.2) is 63.2 Å². The lowest BCUT2D eigenvalue weighted by Crippen LogP contribution is -2.51. The summed E-state index contributed by atoms with van der Waals surface area (Å²) in [5, 5.41) is 3.54. The van der Waals surface area contributed by atoms with Gasteiger partial charge in [0.1, 0.15) is 19.3 Å². The van der Waals surface area contributed by atoms with E-state index >= 15 is 0 Å². The molecule has 0 radical (unpaired) electrons. The van der Waals surface area contributed by atoms with Crippen LogP contribution in [0.1, 0.15) is 37.8 Å². The largest absolute Gasteiger partial charge is 0.486 e. The second kappa shape index (κ2) is 14.6. The fourth-order valence-electron chi connectivity index (χ4n) is 4.91. The zero-order chi connectivity index (χ0) is 31.0. The van der Waals surface area contributed by atoms with Crippen LogP contribution in [0, 0.1) is 0 Å². The molecule has 1 aliphatic heterocycles. The number of carbonyl (C=O) groups excluding carboxylic acids is 2. The highest BCUT2D eigenvalue weighted by atomic mass is 35.5. The molecular weight excluding hydrogens is 590 g/mol. The molecule has 3 aromatic rings. The first-order chi connectivity index (χ1) is 20.5. The molecule has 1 heterocycles. The number of amides is 2. The van der Waals surface area contributed by atoms with Gasteiger partial charge < -0.3 is 19.7 Å². The van der Waals surface area contributed by atoms with Gasteiger partial charge in [-0.15, -0.1) is 0 Å². The van der Waals surface area contributed by atoms with Gasteiger partial charge in [-0.1, -0.05) is 54.1 Å². The Morgan fingerprint density at radius 1 is 0.930 bits per heavy atom. The van der Waals surface area contributed by atoms with Crippen LogP contribution in [-0.2, 0) is 32.6 Å². The molecule has 0 bridgehead atoms. The molecule has 0 aliphatic carbocycles. The Hall–Kier alpha value is -3.76. The number of hydrogen-bond donors (Lipinski definition) is 1. The van der Waals surface area contributed by atoms with E-state index in [-0.39, 0.29) is 43.8 Å². The van der Waals surface area contributed by atoms with Gasteiger partial charge >= 0.3 is 0 Å². The maximum absolute atomic E-state index is 13.9. The van der Waals surface area contributed by atoms with Crippen molar-refractivity contribution < 1.29 is 27.5 Å². The summed E-state index contributed by atoms with van der Waals surface area (Å²) >= 11 is 6.10. The average molecular weight is 628 g/mol. The molecule has 0 unspecified atom stereocenters. The molecule has 0 saturated heterocycles. The monoisotopic (exact) mass is 627 g/mol. The number of nitrogens with one attached hydrogen (secondary N) is 1. The van der Waals surface area contributed by atoms with Crippen LogP contribution in [0.3, 0.4) is 0 Å². The SMILES string of the molecule is CC(C)NC(=O)[C@H](Cc1ccccc1)N(Cc1ccc(Cl)cc1)C(=O)CCCN(c1ccc2c(c1)OCCO2)S(C)(=O)=O. The first-order valence-corrected chi connectivity index (χ1v) is 16.5. The minimum atomic E-state index is -3.66. The Kier molecular flexibility index (Phi) is 10.9. The van der Waals surface area contributed by atoms with Gasteiger partial charge in [-0.3, -0.25) is 13.9 Å². The van der Waals surface area contributed by atoms with E-state index in [4.69, 9.17) is 21.1 Å². The number of hydrogen-bond acceptors (Lipinski definition) is 6. The molecule has 230 valence electrons. The Bertz CT molecular complexity index is 1500. The number of benzene rings is 3. The van der Waals surface area contributed by atoms with Crippen molar-refractivity contribution in [2.24, 2.45) is 0 Å². The maximum Gasteiger partial charge on any atom is 0.243 e. The minimum Gasteiger partial charge on any atom is -0.486 e. The second-order valence-corrected chi connectivity index (χ2v) is 13.1. The standard InChI is InChI=1S/C32H38ClN3O6S/c1-23(2)34-32(38)28(20-24-8-5-4-6-9-24)35(22-25-11-13-26(33)14-12-25)31(37)10-7-17-36(43(3,39)40)27-15-16-29-30(21-27)42-19-18-41-29/h4-6,8-9,11-16,21,23,28H,7,10,17-20,22H2,1-3H3,(H,34,38)/t28-/m0/s1. The lowest BCUT2D eigenvalue weighted by atomic mass is 10.0. The molecule has 3 aromatic carbocycles. The summed E-state index contributed by atoms with van der Waals surface area (Å²) in [6.45, 7) is 4.82. The molecule has 0 aromatic heterocycles. The van der Waals surface area contributed by atoms with Crippen molar-refractivity contribution in [2.75, 3.05) is 30.3 Å². The predicted octanol–water partition coefficient (Wildman–Crippen LogP) is 4.82. The van der Waals surface area contributed by atoms with Crippen LogP contribution in [0.2, 0.25) is 5.02 Å². The Labute approximate surface area is 258 Å². The summed E-state index contributed by atoms with van der Waals surface area (Å²) < 4.78 is 38.0. The molecule has 9 nitrogen and oxygen atoms in total. The van der Waals surface area contributed by atoms with Crippen LogP contribution >= 0.6 is 11.6 Å². The smallest absolute Gasteiger partial charge is 0.243 e. The van der Waals surface area contributed by atoms with Crippen molar-refractivity contribution in [3.05, 3.63) is 88.9 Å². The molecule has 0 saturated carbocycles. The van der Waals surface area contributed by atoms with Crippen molar-refractivity contribution in [3.8, 4) is 11.5 Å². The average Bonchev–Trinajstić information content (AvgIpc) is 2.97. The molecule has 0 spiro atoms. The predicted molar refractivity (Wildman–Crippen MR) is 168 cm³/mol. The number of anilines is 1. The summed E-state index contributed by atoms with van der Waals surface area (Å²) in [6, 6.07) is 20.8. The van der Waals surface area contributed by atoms with Gasteiger partial charge in [0, 0.05) is 43.1 Å². The maximum atomic E-state index is 13.9. The number of sulfonamides is 1. The highest BCUT2D eigenvalue weighted by molar-refractivity contribution is 7.92. The van der Waals surface area contributed by atoms with Crippen LogP contribution in [0.15, 0.2) is 72.8 Å². The summed E-state index contributed by atoms with van der Waals surface area (Å²) in [5.74, 6) is 0.517. The number of nitrogens with zero attached hydrogens (tertiary/aromatic N) is 2. The fraction of sp³-hybridized carbons (Fsp3) is 0.375. The minimum absolute atomic E-state index is 0.0322. The molecular formula is C32H38ClN3O6S. The van der Waals surface area contributed by atoms with Crippen LogP contribution in [0.25, 0.3) is 0 Å². The first kappa shape index (κ1) is 32.2. The normalized spacial score (nSPS) is 13.3. The second-order valence-electron chi connectivity index (χ2n) is 10.8. The molecule has 11 heteroatoms.